The van der Waals surface area contributed by atoms with Crippen LogP contribution in [0.1, 0.15) is 12.5 Å². The first kappa shape index (κ1) is 15.0. The molecule has 0 spiro atoms. The van der Waals surface area contributed by atoms with E-state index in [9.17, 15) is 9.67 Å². The summed E-state index contributed by atoms with van der Waals surface area (Å²) in [5.41, 5.74) is 0.305. The molecule has 96 valence electrons. The molecule has 0 bridgehead atoms. The van der Waals surface area contributed by atoms with Crippen molar-refractivity contribution in [2.24, 2.45) is 0 Å². The first-order chi connectivity index (χ1) is 7.78. The lowest BCUT2D eigenvalue weighted by molar-refractivity contribution is 0.0932. The third-order valence-corrected chi connectivity index (χ3v) is 5.51. The Morgan fingerprint density at radius 2 is 1.76 bits per heavy atom. The number of halogens is 2. The van der Waals surface area contributed by atoms with Crippen LogP contribution in [-0.2, 0) is 19.0 Å². The van der Waals surface area contributed by atoms with Gasteiger partial charge in [0.15, 0.2) is 5.34 Å². The van der Waals surface area contributed by atoms with E-state index in [0.717, 1.165) is 0 Å². The summed E-state index contributed by atoms with van der Waals surface area (Å²) in [7, 11) is -1.28. The highest BCUT2D eigenvalue weighted by Crippen LogP contribution is 2.62. The van der Waals surface area contributed by atoms with Crippen molar-refractivity contribution in [1.82, 2.24) is 0 Å². The van der Waals surface area contributed by atoms with Crippen LogP contribution < -0.4 is 0 Å². The second-order valence-corrected chi connectivity index (χ2v) is 6.92. The molecule has 0 radical (unpaired) electrons. The molecule has 0 aliphatic rings. The number of aliphatic hydroxyl groups is 1. The van der Waals surface area contributed by atoms with Crippen LogP contribution in [0.25, 0.3) is 0 Å². The Balaban J connectivity index is 3.30. The van der Waals surface area contributed by atoms with Crippen molar-refractivity contribution in [2.75, 3.05) is 14.2 Å². The molecule has 0 amide bonds. The molecule has 1 N–H and O–H groups in total. The van der Waals surface area contributed by atoms with E-state index in [0.29, 0.717) is 10.6 Å². The summed E-state index contributed by atoms with van der Waals surface area (Å²) in [6.45, 7) is 1.33. The normalized spacial score (nSPS) is 15.6. The van der Waals surface area contributed by atoms with E-state index in [1.807, 2.05) is 0 Å². The molecule has 1 rings (SSSR count). The fourth-order valence-corrected chi connectivity index (χ4v) is 2.99. The molecule has 0 heterocycles. The maximum Gasteiger partial charge on any atom is 0.365 e. The van der Waals surface area contributed by atoms with Crippen molar-refractivity contribution in [3.63, 3.8) is 0 Å². The second kappa shape index (κ2) is 5.27. The first-order valence-corrected chi connectivity index (χ1v) is 6.98. The van der Waals surface area contributed by atoms with Crippen LogP contribution in [0.2, 0.25) is 10.0 Å². The summed E-state index contributed by atoms with van der Waals surface area (Å²) in [4.78, 5) is 0. The van der Waals surface area contributed by atoms with Crippen molar-refractivity contribution < 1.29 is 18.7 Å². The summed E-state index contributed by atoms with van der Waals surface area (Å²) in [6, 6.07) is 4.44. The lowest BCUT2D eigenvalue weighted by Crippen LogP contribution is -2.23. The predicted octanol–water partition coefficient (Wildman–Crippen LogP) is 3.64. The Bertz CT molecular complexity index is 454. The Morgan fingerprint density at radius 1 is 1.24 bits per heavy atom. The van der Waals surface area contributed by atoms with Gasteiger partial charge in [0.1, 0.15) is 0 Å². The van der Waals surface area contributed by atoms with E-state index >= 15 is 0 Å². The fourth-order valence-electron chi connectivity index (χ4n) is 1.38. The minimum absolute atomic E-state index is 0.253. The summed E-state index contributed by atoms with van der Waals surface area (Å²) in [5, 5.41) is 9.10. The van der Waals surface area contributed by atoms with Crippen LogP contribution in [0.3, 0.4) is 0 Å². The smallest absolute Gasteiger partial charge is 0.365 e. The van der Waals surface area contributed by atoms with E-state index in [2.05, 4.69) is 0 Å². The topological polar surface area (TPSA) is 55.8 Å². The number of benzene rings is 1. The van der Waals surface area contributed by atoms with E-state index < -0.39 is 12.9 Å². The zero-order chi connectivity index (χ0) is 13.3. The number of rotatable bonds is 4. The standard InChI is InChI=1S/C10H13Cl2O4P/c1-10(13,17(14,15-2)16-3)7-4-5-8(11)9(12)6-7/h4-6,13H,1-3H3/t10-/m0/s1. The van der Waals surface area contributed by atoms with Gasteiger partial charge in [0.05, 0.1) is 10.0 Å². The highest BCUT2D eigenvalue weighted by Gasteiger charge is 2.46. The van der Waals surface area contributed by atoms with Gasteiger partial charge < -0.3 is 14.2 Å². The Labute approximate surface area is 110 Å². The zero-order valence-corrected chi connectivity index (χ0v) is 12.0. The molecule has 0 aliphatic heterocycles. The summed E-state index contributed by atoms with van der Waals surface area (Å²) in [6.07, 6.45) is 0. The maximum atomic E-state index is 12.2. The van der Waals surface area contributed by atoms with Gasteiger partial charge in [-0.2, -0.15) is 0 Å². The third-order valence-electron chi connectivity index (χ3n) is 2.48. The van der Waals surface area contributed by atoms with Gasteiger partial charge in [-0.05, 0) is 24.6 Å². The van der Waals surface area contributed by atoms with Crippen molar-refractivity contribution in [3.8, 4) is 0 Å². The van der Waals surface area contributed by atoms with Gasteiger partial charge in [-0.3, -0.25) is 4.57 Å². The van der Waals surface area contributed by atoms with Crippen molar-refractivity contribution in [2.45, 2.75) is 12.3 Å². The van der Waals surface area contributed by atoms with Gasteiger partial charge in [0.25, 0.3) is 0 Å². The molecule has 0 saturated carbocycles. The van der Waals surface area contributed by atoms with Crippen LogP contribution in [0.15, 0.2) is 18.2 Å². The van der Waals surface area contributed by atoms with E-state index in [1.54, 1.807) is 0 Å². The van der Waals surface area contributed by atoms with Crippen molar-refractivity contribution in [3.05, 3.63) is 33.8 Å². The van der Waals surface area contributed by atoms with E-state index in [4.69, 9.17) is 32.2 Å². The van der Waals surface area contributed by atoms with E-state index in [-0.39, 0.29) is 5.02 Å². The third kappa shape index (κ3) is 2.68. The molecular formula is C10H13Cl2O4P. The highest BCUT2D eigenvalue weighted by atomic mass is 35.5. The molecule has 1 aromatic carbocycles. The quantitative estimate of drug-likeness (QED) is 0.862. The van der Waals surface area contributed by atoms with Gasteiger partial charge in [-0.15, -0.1) is 0 Å². The molecule has 0 saturated heterocycles. The minimum atomic E-state index is -3.69. The van der Waals surface area contributed by atoms with Gasteiger partial charge in [-0.1, -0.05) is 29.3 Å². The first-order valence-electron chi connectivity index (χ1n) is 4.68. The summed E-state index contributed by atoms with van der Waals surface area (Å²) >= 11 is 11.6. The summed E-state index contributed by atoms with van der Waals surface area (Å²) < 4.78 is 21.8. The molecule has 0 aliphatic carbocycles. The molecule has 0 unspecified atom stereocenters. The van der Waals surface area contributed by atoms with Crippen LogP contribution in [0.4, 0.5) is 0 Å². The average molecular weight is 299 g/mol. The van der Waals surface area contributed by atoms with Crippen LogP contribution in [0, 0.1) is 0 Å². The molecule has 4 nitrogen and oxygen atoms in total. The van der Waals surface area contributed by atoms with Crippen LogP contribution >= 0.6 is 30.8 Å². The molecule has 17 heavy (non-hydrogen) atoms. The van der Waals surface area contributed by atoms with E-state index in [1.165, 1.54) is 39.3 Å². The Morgan fingerprint density at radius 3 is 2.18 bits per heavy atom. The molecule has 1 aromatic rings. The van der Waals surface area contributed by atoms with Gasteiger partial charge in [0.2, 0.25) is 0 Å². The molecule has 1 atom stereocenters. The lowest BCUT2D eigenvalue weighted by Gasteiger charge is -2.30. The van der Waals surface area contributed by atoms with Crippen LogP contribution in [0.5, 0.6) is 0 Å². The fraction of sp³-hybridized carbons (Fsp3) is 0.400. The maximum absolute atomic E-state index is 12.2. The van der Waals surface area contributed by atoms with Crippen molar-refractivity contribution in [1.29, 1.82) is 0 Å². The largest absolute Gasteiger partial charge is 0.373 e. The monoisotopic (exact) mass is 298 g/mol. The van der Waals surface area contributed by atoms with Gasteiger partial charge in [0, 0.05) is 14.2 Å². The predicted molar refractivity (Wildman–Crippen MR) is 67.7 cm³/mol. The number of hydrogen-bond donors (Lipinski definition) is 1. The number of hydrogen-bond acceptors (Lipinski definition) is 4. The molecular weight excluding hydrogens is 286 g/mol. The van der Waals surface area contributed by atoms with Crippen molar-refractivity contribution >= 4 is 30.8 Å². The average Bonchev–Trinajstić information content (AvgIpc) is 2.31. The SMILES string of the molecule is COP(=O)(OC)[C@](C)(O)c1ccc(Cl)c(Cl)c1. The molecule has 7 heteroatoms. The van der Waals surface area contributed by atoms with Gasteiger partial charge in [-0.25, -0.2) is 0 Å². The lowest BCUT2D eigenvalue weighted by atomic mass is 10.1. The highest BCUT2D eigenvalue weighted by molar-refractivity contribution is 7.54. The molecule has 0 fully saturated rings. The van der Waals surface area contributed by atoms with Gasteiger partial charge >= 0.3 is 7.60 Å². The zero-order valence-electron chi connectivity index (χ0n) is 9.61. The molecule has 0 aromatic heterocycles. The Hall–Kier alpha value is -0.0900. The minimum Gasteiger partial charge on any atom is -0.373 e. The van der Waals surface area contributed by atoms with Crippen LogP contribution in [-0.4, -0.2) is 19.3 Å². The second-order valence-electron chi connectivity index (χ2n) is 3.51. The Kier molecular flexibility index (Phi) is 4.64. The summed E-state index contributed by atoms with van der Waals surface area (Å²) in [5.74, 6) is 0.